The van der Waals surface area contributed by atoms with E-state index in [0.29, 0.717) is 41.9 Å². The molecule has 0 fully saturated rings. The number of amides is 1. The lowest BCUT2D eigenvalue weighted by Crippen LogP contribution is -3.10. The van der Waals surface area contributed by atoms with Gasteiger partial charge in [0.05, 0.1) is 27.0 Å². The first-order valence-corrected chi connectivity index (χ1v) is 8.61. The van der Waals surface area contributed by atoms with Gasteiger partial charge in [0, 0.05) is 11.1 Å². The lowest BCUT2D eigenvalue weighted by molar-refractivity contribution is -0.871. The fraction of sp³-hybridized carbons (Fsp3) is 0.316. The number of methoxy groups -OCH3 is 2. The summed E-state index contributed by atoms with van der Waals surface area (Å²) in [6, 6.07) is 12.5. The molecular weight excluding hydrogens is 356 g/mol. The van der Waals surface area contributed by atoms with Crippen LogP contribution in [0.4, 0.5) is 5.69 Å². The summed E-state index contributed by atoms with van der Waals surface area (Å²) in [7, 11) is 5.07. The molecule has 0 radical (unpaired) electrons. The number of likely N-dealkylation sites (N-methyl/N-ethyl adjacent to an activating group) is 1. The van der Waals surface area contributed by atoms with Crippen molar-refractivity contribution in [1.29, 1.82) is 0 Å². The van der Waals surface area contributed by atoms with Crippen LogP contribution in [-0.4, -0.2) is 46.9 Å². The third-order valence-electron chi connectivity index (χ3n) is 3.75. The Hall–Kier alpha value is -2.44. The van der Waals surface area contributed by atoms with Gasteiger partial charge in [-0.1, -0.05) is 11.6 Å². The predicted octanol–water partition coefficient (Wildman–Crippen LogP) is 1.89. The predicted molar refractivity (Wildman–Crippen MR) is 102 cm³/mol. The van der Waals surface area contributed by atoms with Gasteiger partial charge in [0.15, 0.2) is 6.54 Å². The normalized spacial score (nSPS) is 11.5. The van der Waals surface area contributed by atoms with Gasteiger partial charge in [-0.2, -0.15) is 0 Å². The summed E-state index contributed by atoms with van der Waals surface area (Å²) >= 11 is 5.84. The summed E-state index contributed by atoms with van der Waals surface area (Å²) in [5.41, 5.74) is 0.585. The second-order valence-electron chi connectivity index (χ2n) is 5.80. The summed E-state index contributed by atoms with van der Waals surface area (Å²) in [5, 5.41) is 3.53. The van der Waals surface area contributed by atoms with Crippen LogP contribution in [0.15, 0.2) is 42.5 Å². The summed E-state index contributed by atoms with van der Waals surface area (Å²) in [4.78, 5) is 13.3. The molecule has 6 nitrogen and oxygen atoms in total. The molecule has 1 atom stereocenters. The van der Waals surface area contributed by atoms with Gasteiger partial charge < -0.3 is 24.4 Å². The minimum absolute atomic E-state index is 0.111. The number of hydrogen-bond donors (Lipinski definition) is 2. The molecule has 7 heteroatoms. The zero-order valence-electron chi connectivity index (χ0n) is 15.2. The van der Waals surface area contributed by atoms with E-state index in [0.717, 1.165) is 10.6 Å². The molecule has 0 aliphatic heterocycles. The number of carbonyl (C=O) groups is 1. The first kappa shape index (κ1) is 19.9. The minimum atomic E-state index is -0.111. The smallest absolute Gasteiger partial charge is 0.279 e. The molecule has 0 spiro atoms. The first-order valence-electron chi connectivity index (χ1n) is 8.23. The van der Waals surface area contributed by atoms with Gasteiger partial charge in [-0.15, -0.1) is 0 Å². The number of ether oxygens (including phenoxy) is 3. The number of benzene rings is 2. The Morgan fingerprint density at radius 2 is 1.77 bits per heavy atom. The Labute approximate surface area is 158 Å². The van der Waals surface area contributed by atoms with Gasteiger partial charge >= 0.3 is 0 Å². The molecule has 2 rings (SSSR count). The maximum Gasteiger partial charge on any atom is 0.279 e. The molecule has 0 aliphatic rings. The van der Waals surface area contributed by atoms with Crippen LogP contribution >= 0.6 is 11.6 Å². The van der Waals surface area contributed by atoms with Gasteiger partial charge in [0.25, 0.3) is 5.91 Å². The van der Waals surface area contributed by atoms with Crippen molar-refractivity contribution in [2.24, 2.45) is 0 Å². The highest BCUT2D eigenvalue weighted by molar-refractivity contribution is 6.30. The van der Waals surface area contributed by atoms with Crippen LogP contribution in [0, 0.1) is 0 Å². The maximum atomic E-state index is 12.3. The molecule has 140 valence electrons. The van der Waals surface area contributed by atoms with Crippen molar-refractivity contribution in [1.82, 2.24) is 0 Å². The monoisotopic (exact) mass is 379 g/mol. The fourth-order valence-electron chi connectivity index (χ4n) is 2.34. The zero-order valence-corrected chi connectivity index (χ0v) is 15.9. The number of carbonyl (C=O) groups excluding carboxylic acids is 1. The molecule has 2 N–H and O–H groups in total. The topological polar surface area (TPSA) is 61.2 Å². The van der Waals surface area contributed by atoms with Crippen LogP contribution in [0.2, 0.25) is 5.02 Å². The van der Waals surface area contributed by atoms with E-state index in [1.54, 1.807) is 44.6 Å². The largest absolute Gasteiger partial charge is 0.497 e. The third-order valence-corrected chi connectivity index (χ3v) is 4.01. The van der Waals surface area contributed by atoms with Crippen molar-refractivity contribution < 1.29 is 23.9 Å². The van der Waals surface area contributed by atoms with E-state index in [-0.39, 0.29) is 5.91 Å². The van der Waals surface area contributed by atoms with E-state index in [4.69, 9.17) is 25.8 Å². The van der Waals surface area contributed by atoms with E-state index < -0.39 is 0 Å². The number of anilines is 1. The average Bonchev–Trinajstić information content (AvgIpc) is 2.63. The van der Waals surface area contributed by atoms with Gasteiger partial charge in [0.2, 0.25) is 0 Å². The number of rotatable bonds is 9. The highest BCUT2D eigenvalue weighted by atomic mass is 35.5. The van der Waals surface area contributed by atoms with Gasteiger partial charge in [-0.25, -0.2) is 0 Å². The lowest BCUT2D eigenvalue weighted by atomic mass is 10.2. The van der Waals surface area contributed by atoms with Gasteiger partial charge in [-0.05, 0) is 36.4 Å². The fourth-order valence-corrected chi connectivity index (χ4v) is 2.47. The Balaban J connectivity index is 1.80. The second kappa shape index (κ2) is 9.89. The zero-order chi connectivity index (χ0) is 18.9. The lowest BCUT2D eigenvalue weighted by Gasteiger charge is -2.16. The Bertz CT molecular complexity index is 722. The maximum absolute atomic E-state index is 12.3. The average molecular weight is 380 g/mol. The molecule has 0 aliphatic carbocycles. The van der Waals surface area contributed by atoms with Crippen molar-refractivity contribution in [2.75, 3.05) is 46.3 Å². The summed E-state index contributed by atoms with van der Waals surface area (Å²) in [5.74, 6) is 1.88. The molecule has 0 aromatic heterocycles. The van der Waals surface area contributed by atoms with E-state index in [9.17, 15) is 4.79 Å². The quantitative estimate of drug-likeness (QED) is 0.698. The Morgan fingerprint density at radius 3 is 2.42 bits per heavy atom. The summed E-state index contributed by atoms with van der Waals surface area (Å²) in [6.07, 6.45) is 0. The van der Waals surface area contributed by atoms with Crippen molar-refractivity contribution in [3.63, 3.8) is 0 Å². The standard InChI is InChI=1S/C19H23ClN2O4/c1-22(10-11-26-15-6-4-14(20)5-7-15)13-19(23)21-17-12-16(24-2)8-9-18(17)25-3/h4-9,12H,10-11,13H2,1-3H3,(H,21,23)/p+1. The molecule has 26 heavy (non-hydrogen) atoms. The summed E-state index contributed by atoms with van der Waals surface area (Å²) in [6.45, 7) is 1.50. The van der Waals surface area contributed by atoms with Crippen LogP contribution in [0.5, 0.6) is 17.2 Å². The molecule has 1 unspecified atom stereocenters. The van der Waals surface area contributed by atoms with E-state index in [1.807, 2.05) is 19.2 Å². The first-order chi connectivity index (χ1) is 12.5. The number of quaternary nitrogens is 1. The molecular formula is C19H24ClN2O4+. The summed E-state index contributed by atoms with van der Waals surface area (Å²) < 4.78 is 16.1. The highest BCUT2D eigenvalue weighted by Gasteiger charge is 2.13. The number of hydrogen-bond acceptors (Lipinski definition) is 4. The number of nitrogens with one attached hydrogen (secondary N) is 2. The van der Waals surface area contributed by atoms with Gasteiger partial charge in [0.1, 0.15) is 30.4 Å². The molecule has 0 saturated heterocycles. The van der Waals surface area contributed by atoms with Crippen molar-refractivity contribution in [3.8, 4) is 17.2 Å². The number of halogens is 1. The molecule has 1 amide bonds. The molecule has 2 aromatic carbocycles. The van der Waals surface area contributed by atoms with Crippen molar-refractivity contribution in [2.45, 2.75) is 0 Å². The van der Waals surface area contributed by atoms with Crippen molar-refractivity contribution in [3.05, 3.63) is 47.5 Å². The molecule has 2 aromatic rings. The van der Waals surface area contributed by atoms with Crippen LogP contribution in [0.3, 0.4) is 0 Å². The molecule has 0 bridgehead atoms. The van der Waals surface area contributed by atoms with Crippen LogP contribution in [0.1, 0.15) is 0 Å². The van der Waals surface area contributed by atoms with Crippen molar-refractivity contribution >= 4 is 23.2 Å². The minimum Gasteiger partial charge on any atom is -0.497 e. The van der Waals surface area contributed by atoms with E-state index in [2.05, 4.69) is 5.32 Å². The SMILES string of the molecule is COc1ccc(OC)c(NC(=O)C[NH+](C)CCOc2ccc(Cl)cc2)c1. The Morgan fingerprint density at radius 1 is 1.08 bits per heavy atom. The van der Waals surface area contributed by atoms with E-state index >= 15 is 0 Å². The second-order valence-corrected chi connectivity index (χ2v) is 6.24. The van der Waals surface area contributed by atoms with Crippen LogP contribution < -0.4 is 24.4 Å². The molecule has 0 heterocycles. The van der Waals surface area contributed by atoms with Crippen LogP contribution in [-0.2, 0) is 4.79 Å². The van der Waals surface area contributed by atoms with Gasteiger partial charge in [-0.3, -0.25) is 4.79 Å². The molecule has 0 saturated carbocycles. The third kappa shape index (κ3) is 6.13. The Kier molecular flexibility index (Phi) is 7.56. The highest BCUT2D eigenvalue weighted by Crippen LogP contribution is 2.28. The van der Waals surface area contributed by atoms with Crippen LogP contribution in [0.25, 0.3) is 0 Å². The van der Waals surface area contributed by atoms with E-state index in [1.165, 1.54) is 0 Å².